The summed E-state index contributed by atoms with van der Waals surface area (Å²) in [5.41, 5.74) is 0.516. The minimum atomic E-state index is -0.403. The molecule has 3 N–H and O–H groups in total. The standard InChI is InChI=1S/C17H20FN5O2S2/c1-10(27-9-15(24)20-12-4-2-11(18)3-5-12)16(25)19-8-14-21-22-17(26)23(14)13-6-7-13/h2-5,10,13H,6-9H2,1H3,(H,19,25)(H,20,24)(H,22,26). The van der Waals surface area contributed by atoms with Gasteiger partial charge in [-0.25, -0.2) is 4.39 Å². The highest BCUT2D eigenvalue weighted by Gasteiger charge is 2.27. The maximum absolute atomic E-state index is 12.9. The maximum Gasteiger partial charge on any atom is 0.234 e. The van der Waals surface area contributed by atoms with Gasteiger partial charge in [0.2, 0.25) is 11.8 Å². The summed E-state index contributed by atoms with van der Waals surface area (Å²) < 4.78 is 15.4. The van der Waals surface area contributed by atoms with Gasteiger partial charge in [0.25, 0.3) is 0 Å². The van der Waals surface area contributed by atoms with E-state index in [4.69, 9.17) is 12.2 Å². The third-order valence-corrected chi connectivity index (χ3v) is 5.50. The summed E-state index contributed by atoms with van der Waals surface area (Å²) in [6.07, 6.45) is 2.15. The van der Waals surface area contributed by atoms with Gasteiger partial charge in [0.05, 0.1) is 17.5 Å². The van der Waals surface area contributed by atoms with Crippen molar-refractivity contribution in [1.82, 2.24) is 20.1 Å². The SMILES string of the molecule is CC(SCC(=O)Nc1ccc(F)cc1)C(=O)NCc1n[nH]c(=S)n1C1CC1. The summed E-state index contributed by atoms with van der Waals surface area (Å²) in [6.45, 7) is 2.03. The molecule has 2 aromatic rings. The third-order valence-electron chi connectivity index (χ3n) is 4.07. The molecule has 3 rings (SSSR count). The molecule has 144 valence electrons. The number of thioether (sulfide) groups is 1. The second-order valence-electron chi connectivity index (χ2n) is 6.27. The maximum atomic E-state index is 12.9. The Morgan fingerprint density at radius 3 is 2.78 bits per heavy atom. The molecule has 1 unspecified atom stereocenters. The van der Waals surface area contributed by atoms with E-state index in [0.717, 1.165) is 12.8 Å². The number of benzene rings is 1. The molecule has 1 heterocycles. The number of aromatic nitrogens is 3. The first-order chi connectivity index (χ1) is 12.9. The number of H-pyrrole nitrogens is 1. The number of carbonyl (C=O) groups is 2. The lowest BCUT2D eigenvalue weighted by molar-refractivity contribution is -0.120. The van der Waals surface area contributed by atoms with Gasteiger partial charge in [-0.1, -0.05) is 0 Å². The molecule has 1 aliphatic rings. The number of amides is 2. The number of nitrogens with zero attached hydrogens (tertiary/aromatic N) is 2. The smallest absolute Gasteiger partial charge is 0.234 e. The highest BCUT2D eigenvalue weighted by molar-refractivity contribution is 8.01. The van der Waals surface area contributed by atoms with Crippen molar-refractivity contribution in [2.45, 2.75) is 37.6 Å². The largest absolute Gasteiger partial charge is 0.348 e. The van der Waals surface area contributed by atoms with Gasteiger partial charge in [-0.05, 0) is 56.2 Å². The van der Waals surface area contributed by atoms with Gasteiger partial charge in [-0.2, -0.15) is 5.10 Å². The molecule has 7 nitrogen and oxygen atoms in total. The fourth-order valence-corrected chi connectivity index (χ4v) is 3.50. The molecule has 0 radical (unpaired) electrons. The van der Waals surface area contributed by atoms with Crippen LogP contribution >= 0.6 is 24.0 Å². The van der Waals surface area contributed by atoms with E-state index in [1.54, 1.807) is 6.92 Å². The number of nitrogens with one attached hydrogen (secondary N) is 3. The highest BCUT2D eigenvalue weighted by Crippen LogP contribution is 2.35. The summed E-state index contributed by atoms with van der Waals surface area (Å²) in [5, 5.41) is 12.0. The molecule has 1 fully saturated rings. The van der Waals surface area contributed by atoms with Crippen LogP contribution in [0, 0.1) is 10.6 Å². The molecule has 0 aliphatic heterocycles. The number of halogens is 1. The molecule has 0 saturated heterocycles. The summed E-state index contributed by atoms with van der Waals surface area (Å²) in [7, 11) is 0. The number of anilines is 1. The molecule has 0 bridgehead atoms. The minimum absolute atomic E-state index is 0.118. The second kappa shape index (κ2) is 8.66. The van der Waals surface area contributed by atoms with E-state index < -0.39 is 5.25 Å². The van der Waals surface area contributed by atoms with Gasteiger partial charge in [0.15, 0.2) is 10.6 Å². The van der Waals surface area contributed by atoms with Crippen molar-refractivity contribution < 1.29 is 14.0 Å². The van der Waals surface area contributed by atoms with Crippen LogP contribution in [0.25, 0.3) is 0 Å². The highest BCUT2D eigenvalue weighted by atomic mass is 32.2. The fourth-order valence-electron chi connectivity index (χ4n) is 2.49. The van der Waals surface area contributed by atoms with Crippen LogP contribution in [0.4, 0.5) is 10.1 Å². The van der Waals surface area contributed by atoms with Crippen LogP contribution in [0.1, 0.15) is 31.6 Å². The van der Waals surface area contributed by atoms with Gasteiger partial charge < -0.3 is 10.6 Å². The monoisotopic (exact) mass is 409 g/mol. The van der Waals surface area contributed by atoms with E-state index in [0.29, 0.717) is 22.3 Å². The Hall–Kier alpha value is -2.20. The van der Waals surface area contributed by atoms with Crippen molar-refractivity contribution in [3.63, 3.8) is 0 Å². The van der Waals surface area contributed by atoms with Crippen LogP contribution in [0.2, 0.25) is 0 Å². The van der Waals surface area contributed by atoms with Crippen LogP contribution in [0.3, 0.4) is 0 Å². The number of hydrogen-bond acceptors (Lipinski definition) is 5. The Balaban J connectivity index is 1.43. The zero-order valence-corrected chi connectivity index (χ0v) is 16.3. The average molecular weight is 410 g/mol. The van der Waals surface area contributed by atoms with Crippen LogP contribution in [-0.2, 0) is 16.1 Å². The Labute approximate surface area is 165 Å². The number of carbonyl (C=O) groups excluding carboxylic acids is 2. The molecule has 1 aromatic heterocycles. The molecular formula is C17H20FN5O2S2. The van der Waals surface area contributed by atoms with Gasteiger partial charge >= 0.3 is 0 Å². The lowest BCUT2D eigenvalue weighted by atomic mass is 10.3. The van der Waals surface area contributed by atoms with E-state index in [2.05, 4.69) is 20.8 Å². The molecular weight excluding hydrogens is 389 g/mol. The first-order valence-corrected chi connectivity index (χ1v) is 10.00. The summed E-state index contributed by atoms with van der Waals surface area (Å²) in [4.78, 5) is 24.2. The normalized spacial score (nSPS) is 14.6. The first kappa shape index (κ1) is 19.6. The van der Waals surface area contributed by atoms with Crippen molar-refractivity contribution in [1.29, 1.82) is 0 Å². The minimum Gasteiger partial charge on any atom is -0.348 e. The van der Waals surface area contributed by atoms with Crippen LogP contribution < -0.4 is 10.6 Å². The van der Waals surface area contributed by atoms with Crippen molar-refractivity contribution in [3.05, 3.63) is 40.7 Å². The molecule has 1 atom stereocenters. The van der Waals surface area contributed by atoms with E-state index >= 15 is 0 Å². The van der Waals surface area contributed by atoms with Gasteiger partial charge in [0, 0.05) is 11.7 Å². The first-order valence-electron chi connectivity index (χ1n) is 8.54. The molecule has 1 aromatic carbocycles. The quantitative estimate of drug-likeness (QED) is 0.583. The fraction of sp³-hybridized carbons (Fsp3) is 0.412. The van der Waals surface area contributed by atoms with Gasteiger partial charge in [0.1, 0.15) is 5.82 Å². The molecule has 1 aliphatic carbocycles. The van der Waals surface area contributed by atoms with Crippen molar-refractivity contribution >= 4 is 41.5 Å². The van der Waals surface area contributed by atoms with Crippen molar-refractivity contribution in [2.75, 3.05) is 11.1 Å². The lowest BCUT2D eigenvalue weighted by Crippen LogP contribution is -2.32. The zero-order chi connectivity index (χ0) is 19.4. The molecule has 0 spiro atoms. The summed E-state index contributed by atoms with van der Waals surface area (Å²) in [6, 6.07) is 5.90. The molecule has 2 amide bonds. The topological polar surface area (TPSA) is 91.8 Å². The Morgan fingerprint density at radius 2 is 2.11 bits per heavy atom. The number of aromatic amines is 1. The number of rotatable bonds is 8. The van der Waals surface area contributed by atoms with Gasteiger partial charge in [-0.3, -0.25) is 19.3 Å². The third kappa shape index (κ3) is 5.39. The van der Waals surface area contributed by atoms with E-state index in [1.165, 1.54) is 36.0 Å². The zero-order valence-electron chi connectivity index (χ0n) is 14.7. The lowest BCUT2D eigenvalue weighted by Gasteiger charge is -2.12. The van der Waals surface area contributed by atoms with E-state index in [-0.39, 0.29) is 29.9 Å². The van der Waals surface area contributed by atoms with E-state index in [1.807, 2.05) is 4.57 Å². The predicted octanol–water partition coefficient (Wildman–Crippen LogP) is 2.79. The molecule has 1 saturated carbocycles. The summed E-state index contributed by atoms with van der Waals surface area (Å²) in [5.74, 6) is 0.0387. The van der Waals surface area contributed by atoms with Crippen LogP contribution in [-0.4, -0.2) is 37.6 Å². The van der Waals surface area contributed by atoms with E-state index in [9.17, 15) is 14.0 Å². The molecule has 27 heavy (non-hydrogen) atoms. The predicted molar refractivity (Wildman–Crippen MR) is 104 cm³/mol. The Kier molecular flexibility index (Phi) is 6.27. The Bertz CT molecular complexity index is 876. The Morgan fingerprint density at radius 1 is 1.41 bits per heavy atom. The van der Waals surface area contributed by atoms with Crippen LogP contribution in [0.15, 0.2) is 24.3 Å². The average Bonchev–Trinajstić information content (AvgIpc) is 3.42. The van der Waals surface area contributed by atoms with Crippen molar-refractivity contribution in [3.8, 4) is 0 Å². The summed E-state index contributed by atoms with van der Waals surface area (Å²) >= 11 is 6.44. The number of hydrogen-bond donors (Lipinski definition) is 3. The van der Waals surface area contributed by atoms with Gasteiger partial charge in [-0.15, -0.1) is 11.8 Å². The second-order valence-corrected chi connectivity index (χ2v) is 7.99. The van der Waals surface area contributed by atoms with Crippen molar-refractivity contribution in [2.24, 2.45) is 0 Å². The van der Waals surface area contributed by atoms with Crippen LogP contribution in [0.5, 0.6) is 0 Å². The molecule has 10 heteroatoms.